The Morgan fingerprint density at radius 3 is 1.86 bits per heavy atom. The quantitative estimate of drug-likeness (QED) is 0.178. The average Bonchev–Trinajstić information content (AvgIpc) is 3.98. The van der Waals surface area contributed by atoms with Crippen molar-refractivity contribution in [1.29, 1.82) is 0 Å². The molecule has 4 aromatic heterocycles. The summed E-state index contributed by atoms with van der Waals surface area (Å²) in [6.07, 6.45) is 0. The largest absolute Gasteiger partial charge is 0.456 e. The van der Waals surface area contributed by atoms with Crippen molar-refractivity contribution in [2.45, 2.75) is 0 Å². The van der Waals surface area contributed by atoms with Gasteiger partial charge in [-0.05, 0) is 93.3 Å². The normalized spacial score (nSPS) is 12.1. The third kappa shape index (κ3) is 5.00. The van der Waals surface area contributed by atoms with E-state index < -0.39 is 0 Å². The Labute approximate surface area is 340 Å². The van der Waals surface area contributed by atoms with Gasteiger partial charge in [0.2, 0.25) is 0 Å². The summed E-state index contributed by atoms with van der Waals surface area (Å²) in [7, 11) is 0. The van der Waals surface area contributed by atoms with E-state index in [4.69, 9.17) is 23.8 Å². The van der Waals surface area contributed by atoms with Gasteiger partial charge >= 0.3 is 0 Å². The molecule has 0 spiro atoms. The van der Waals surface area contributed by atoms with Crippen LogP contribution in [0.5, 0.6) is 0 Å². The zero-order chi connectivity index (χ0) is 38.6. The van der Waals surface area contributed by atoms with E-state index in [-0.39, 0.29) is 0 Å². The highest BCUT2D eigenvalue weighted by atomic mass is 32.1. The van der Waals surface area contributed by atoms with Gasteiger partial charge in [-0.2, -0.15) is 0 Å². The predicted octanol–water partition coefficient (Wildman–Crippen LogP) is 15.0. The van der Waals surface area contributed by atoms with E-state index >= 15 is 0 Å². The van der Waals surface area contributed by atoms with Crippen LogP contribution in [0, 0.1) is 0 Å². The van der Waals surface area contributed by atoms with Crippen LogP contribution >= 0.6 is 11.3 Å². The van der Waals surface area contributed by atoms with Crippen LogP contribution in [0.25, 0.3) is 131 Å². The van der Waals surface area contributed by atoms with Crippen molar-refractivity contribution in [3.63, 3.8) is 0 Å². The first-order valence-electron chi connectivity index (χ1n) is 19.7. The van der Waals surface area contributed by atoms with E-state index in [9.17, 15) is 0 Å². The Morgan fingerprint density at radius 2 is 0.966 bits per heavy atom. The number of fused-ring (bicyclic) bond motifs is 11. The molecule has 6 heteroatoms. The first-order chi connectivity index (χ1) is 29.2. The van der Waals surface area contributed by atoms with Gasteiger partial charge in [-0.25, -0.2) is 15.0 Å². The van der Waals surface area contributed by atoms with Crippen molar-refractivity contribution in [2.75, 3.05) is 0 Å². The van der Waals surface area contributed by atoms with Crippen LogP contribution in [0.2, 0.25) is 0 Å². The minimum absolute atomic E-state index is 0.602. The maximum Gasteiger partial charge on any atom is 0.164 e. The Morgan fingerprint density at radius 1 is 0.322 bits per heavy atom. The highest BCUT2D eigenvalue weighted by Gasteiger charge is 2.20. The molecule has 13 rings (SSSR count). The van der Waals surface area contributed by atoms with E-state index in [2.05, 4.69) is 146 Å². The highest BCUT2D eigenvalue weighted by molar-refractivity contribution is 7.25. The SMILES string of the molecule is c1ccc2c(-c3cccc4oc5ccccc5c34)cc(-c3nc(-c4ccc5cc6c(cc5c4)oc4ccccc46)nc(-c4cccc5sc6ccccc6c45)n3)cc2c1. The Balaban J connectivity index is 1.07. The molecule has 13 aromatic rings. The summed E-state index contributed by atoms with van der Waals surface area (Å²) < 4.78 is 15.1. The number of benzene rings is 9. The molecule has 0 radical (unpaired) electrons. The smallest absolute Gasteiger partial charge is 0.164 e. The molecule has 0 saturated heterocycles. The number of thiophene rings is 1. The molecule has 59 heavy (non-hydrogen) atoms. The van der Waals surface area contributed by atoms with Gasteiger partial charge in [0.15, 0.2) is 17.5 Å². The summed E-state index contributed by atoms with van der Waals surface area (Å²) in [4.78, 5) is 16.0. The molecule has 9 aromatic carbocycles. The molecule has 0 unspecified atom stereocenters. The highest BCUT2D eigenvalue weighted by Crippen LogP contribution is 2.43. The molecule has 0 atom stereocenters. The number of hydrogen-bond donors (Lipinski definition) is 0. The van der Waals surface area contributed by atoms with Gasteiger partial charge in [0.1, 0.15) is 22.3 Å². The second-order valence-electron chi connectivity index (χ2n) is 15.1. The van der Waals surface area contributed by atoms with E-state index in [1.807, 2.05) is 30.3 Å². The predicted molar refractivity (Wildman–Crippen MR) is 244 cm³/mol. The molecule has 0 aliphatic carbocycles. The molecule has 274 valence electrons. The zero-order valence-corrected chi connectivity index (χ0v) is 32.1. The van der Waals surface area contributed by atoms with Gasteiger partial charge in [0.25, 0.3) is 0 Å². The fourth-order valence-corrected chi connectivity index (χ4v) is 10.1. The number of rotatable bonds is 4. The summed E-state index contributed by atoms with van der Waals surface area (Å²) in [5, 5.41) is 11.2. The molecule has 0 aliphatic rings. The van der Waals surface area contributed by atoms with Crippen molar-refractivity contribution in [3.8, 4) is 45.3 Å². The standard InChI is InChI=1S/C53H29N3O2S/c1-2-12-35-31(11-1)25-34(28-41(35)37-16-9-20-45-49(37)38-14-4-7-19-44(38)57-45)52-54-51(55-53(56-52)40-17-10-22-48-50(40)39-15-5-8-21-47(39)59-48)32-24-23-30-27-42-36-13-3-6-18-43(36)58-46(42)29-33(30)26-32/h1-29H. The van der Waals surface area contributed by atoms with Crippen LogP contribution < -0.4 is 0 Å². The van der Waals surface area contributed by atoms with Crippen LogP contribution in [-0.2, 0) is 0 Å². The lowest BCUT2D eigenvalue weighted by atomic mass is 9.92. The van der Waals surface area contributed by atoms with Crippen LogP contribution in [0.4, 0.5) is 0 Å². The summed E-state index contributed by atoms with van der Waals surface area (Å²) in [6, 6.07) is 61.6. The first-order valence-corrected chi connectivity index (χ1v) is 20.5. The van der Waals surface area contributed by atoms with Gasteiger partial charge in [0, 0.05) is 58.4 Å². The maximum absolute atomic E-state index is 6.36. The monoisotopic (exact) mass is 771 g/mol. The van der Waals surface area contributed by atoms with Crippen LogP contribution in [0.15, 0.2) is 185 Å². The minimum Gasteiger partial charge on any atom is -0.456 e. The average molecular weight is 772 g/mol. The van der Waals surface area contributed by atoms with E-state index in [1.54, 1.807) is 11.3 Å². The number of para-hydroxylation sites is 2. The van der Waals surface area contributed by atoms with Crippen molar-refractivity contribution >= 4 is 96.9 Å². The Bertz CT molecular complexity index is 3870. The van der Waals surface area contributed by atoms with Crippen LogP contribution in [0.1, 0.15) is 0 Å². The molecule has 5 nitrogen and oxygen atoms in total. The Kier molecular flexibility index (Phi) is 6.82. The van der Waals surface area contributed by atoms with Crippen molar-refractivity contribution in [1.82, 2.24) is 15.0 Å². The molecule has 0 N–H and O–H groups in total. The van der Waals surface area contributed by atoms with Crippen molar-refractivity contribution in [2.24, 2.45) is 0 Å². The molecule has 4 heterocycles. The maximum atomic E-state index is 6.36. The third-order valence-corrected chi connectivity index (χ3v) is 12.8. The molecule has 0 amide bonds. The van der Waals surface area contributed by atoms with Gasteiger partial charge < -0.3 is 8.83 Å². The Hall–Kier alpha value is -7.67. The molecule has 0 bridgehead atoms. The van der Waals surface area contributed by atoms with Crippen LogP contribution in [-0.4, -0.2) is 15.0 Å². The number of nitrogens with zero attached hydrogens (tertiary/aromatic N) is 3. The lowest BCUT2D eigenvalue weighted by Gasteiger charge is -2.14. The first kappa shape index (κ1) is 32.4. The summed E-state index contributed by atoms with van der Waals surface area (Å²) in [5.74, 6) is 1.83. The lowest BCUT2D eigenvalue weighted by molar-refractivity contribution is 0.669. The second-order valence-corrected chi connectivity index (χ2v) is 16.2. The number of aromatic nitrogens is 3. The fourth-order valence-electron chi connectivity index (χ4n) is 8.98. The third-order valence-electron chi connectivity index (χ3n) is 11.7. The minimum atomic E-state index is 0.602. The number of furan rings is 2. The molecule has 0 fully saturated rings. The van der Waals surface area contributed by atoms with Gasteiger partial charge in [-0.1, -0.05) is 115 Å². The fraction of sp³-hybridized carbons (Fsp3) is 0. The van der Waals surface area contributed by atoms with Gasteiger partial charge in [-0.15, -0.1) is 11.3 Å². The van der Waals surface area contributed by atoms with Gasteiger partial charge in [-0.3, -0.25) is 0 Å². The molecule has 0 saturated carbocycles. The topological polar surface area (TPSA) is 65.0 Å². The zero-order valence-electron chi connectivity index (χ0n) is 31.3. The van der Waals surface area contributed by atoms with E-state index in [0.717, 1.165) is 98.6 Å². The number of hydrogen-bond acceptors (Lipinski definition) is 6. The van der Waals surface area contributed by atoms with E-state index in [0.29, 0.717) is 17.5 Å². The lowest BCUT2D eigenvalue weighted by Crippen LogP contribution is -2.01. The summed E-state index contributed by atoms with van der Waals surface area (Å²) >= 11 is 1.79. The van der Waals surface area contributed by atoms with Crippen molar-refractivity contribution in [3.05, 3.63) is 176 Å². The molecular formula is C53H29N3O2S. The molecule has 0 aliphatic heterocycles. The van der Waals surface area contributed by atoms with E-state index in [1.165, 1.54) is 14.8 Å². The summed E-state index contributed by atoms with van der Waals surface area (Å²) in [5.41, 5.74) is 8.43. The van der Waals surface area contributed by atoms with Crippen molar-refractivity contribution < 1.29 is 8.83 Å². The second kappa shape index (κ2) is 12.4. The molecular weight excluding hydrogens is 743 g/mol. The summed E-state index contributed by atoms with van der Waals surface area (Å²) in [6.45, 7) is 0. The van der Waals surface area contributed by atoms with Gasteiger partial charge in [0.05, 0.1) is 0 Å². The van der Waals surface area contributed by atoms with Crippen LogP contribution in [0.3, 0.4) is 0 Å².